The normalized spacial score (nSPS) is 35.9. The van der Waals surface area contributed by atoms with Crippen molar-refractivity contribution in [3.05, 3.63) is 11.6 Å². The Labute approximate surface area is 128 Å². The van der Waals surface area contributed by atoms with Crippen molar-refractivity contribution < 1.29 is 14.2 Å². The van der Waals surface area contributed by atoms with Gasteiger partial charge in [0.05, 0.1) is 25.9 Å². The Morgan fingerprint density at radius 3 is 2.86 bits per heavy atom. The zero-order valence-electron chi connectivity index (χ0n) is 13.4. The summed E-state index contributed by atoms with van der Waals surface area (Å²) in [7, 11) is 0. The van der Waals surface area contributed by atoms with Crippen LogP contribution in [0.15, 0.2) is 11.6 Å². The number of ether oxygens (including phenoxy) is 3. The Kier molecular flexibility index (Phi) is 4.99. The standard InChI is InChI=1S/C17H29NO3/c1-13-4-3-5-14(2)16(13)11-18-10-15-12-20-17(21-15)6-8-19-9-7-17/h4,14-16,18H,3,5-12H2,1-2H3/t14-,15+,16-/m0/s1. The van der Waals surface area contributed by atoms with Crippen LogP contribution in [0.1, 0.15) is 39.5 Å². The second-order valence-corrected chi connectivity index (χ2v) is 6.84. The van der Waals surface area contributed by atoms with Crippen molar-refractivity contribution in [2.45, 2.75) is 51.4 Å². The van der Waals surface area contributed by atoms with Crippen molar-refractivity contribution in [1.82, 2.24) is 5.32 Å². The maximum atomic E-state index is 6.15. The fraction of sp³-hybridized carbons (Fsp3) is 0.882. The van der Waals surface area contributed by atoms with Gasteiger partial charge in [0.1, 0.15) is 0 Å². The number of hydrogen-bond donors (Lipinski definition) is 1. The fourth-order valence-electron chi connectivity index (χ4n) is 3.80. The van der Waals surface area contributed by atoms with E-state index in [1.807, 2.05) is 0 Å². The van der Waals surface area contributed by atoms with E-state index in [4.69, 9.17) is 14.2 Å². The van der Waals surface area contributed by atoms with Gasteiger partial charge < -0.3 is 19.5 Å². The van der Waals surface area contributed by atoms with E-state index in [9.17, 15) is 0 Å². The fourth-order valence-corrected chi connectivity index (χ4v) is 3.80. The molecule has 0 radical (unpaired) electrons. The van der Waals surface area contributed by atoms with Gasteiger partial charge in [0.2, 0.25) is 0 Å². The van der Waals surface area contributed by atoms with E-state index in [-0.39, 0.29) is 11.9 Å². The van der Waals surface area contributed by atoms with Crippen LogP contribution in [0.2, 0.25) is 0 Å². The Morgan fingerprint density at radius 1 is 1.29 bits per heavy atom. The first-order chi connectivity index (χ1) is 10.2. The monoisotopic (exact) mass is 295 g/mol. The van der Waals surface area contributed by atoms with Gasteiger partial charge in [0, 0.05) is 25.9 Å². The van der Waals surface area contributed by atoms with Crippen molar-refractivity contribution in [2.75, 3.05) is 32.9 Å². The molecule has 2 fully saturated rings. The van der Waals surface area contributed by atoms with E-state index >= 15 is 0 Å². The van der Waals surface area contributed by atoms with E-state index in [0.717, 1.165) is 45.1 Å². The molecule has 1 N–H and O–H groups in total. The quantitative estimate of drug-likeness (QED) is 0.809. The molecule has 21 heavy (non-hydrogen) atoms. The molecule has 1 aliphatic carbocycles. The van der Waals surface area contributed by atoms with Crippen LogP contribution >= 0.6 is 0 Å². The molecule has 3 rings (SSSR count). The van der Waals surface area contributed by atoms with Crippen LogP contribution in [0.4, 0.5) is 0 Å². The molecular weight excluding hydrogens is 266 g/mol. The molecule has 4 nitrogen and oxygen atoms in total. The van der Waals surface area contributed by atoms with Crippen LogP contribution in [0.25, 0.3) is 0 Å². The molecule has 3 atom stereocenters. The van der Waals surface area contributed by atoms with Crippen molar-refractivity contribution in [3.63, 3.8) is 0 Å². The number of hydrogen-bond acceptors (Lipinski definition) is 4. The van der Waals surface area contributed by atoms with Crippen LogP contribution in [-0.2, 0) is 14.2 Å². The Morgan fingerprint density at radius 2 is 2.10 bits per heavy atom. The Bertz CT molecular complexity index is 376. The molecule has 2 heterocycles. The lowest BCUT2D eigenvalue weighted by Gasteiger charge is -2.32. The van der Waals surface area contributed by atoms with Crippen LogP contribution < -0.4 is 5.32 Å². The smallest absolute Gasteiger partial charge is 0.173 e. The van der Waals surface area contributed by atoms with E-state index in [1.54, 1.807) is 5.57 Å². The third-order valence-corrected chi connectivity index (χ3v) is 5.26. The predicted octanol–water partition coefficient (Wildman–Crippen LogP) is 2.49. The molecule has 0 amide bonds. The van der Waals surface area contributed by atoms with Gasteiger partial charge in [-0.2, -0.15) is 0 Å². The van der Waals surface area contributed by atoms with Gasteiger partial charge in [-0.25, -0.2) is 0 Å². The van der Waals surface area contributed by atoms with Gasteiger partial charge in [-0.3, -0.25) is 0 Å². The average Bonchev–Trinajstić information content (AvgIpc) is 2.86. The SMILES string of the molecule is CC1=CCC[C@H](C)[C@H]1CNC[C@@H]1COC2(CCOCC2)O1. The summed E-state index contributed by atoms with van der Waals surface area (Å²) in [6.45, 7) is 8.80. The summed E-state index contributed by atoms with van der Waals surface area (Å²) in [5.74, 6) is 1.11. The third-order valence-electron chi connectivity index (χ3n) is 5.26. The molecule has 2 saturated heterocycles. The van der Waals surface area contributed by atoms with Crippen molar-refractivity contribution in [1.29, 1.82) is 0 Å². The summed E-state index contributed by atoms with van der Waals surface area (Å²) in [6, 6.07) is 0. The highest BCUT2D eigenvalue weighted by molar-refractivity contribution is 5.09. The highest BCUT2D eigenvalue weighted by Gasteiger charge is 2.42. The first-order valence-electron chi connectivity index (χ1n) is 8.45. The van der Waals surface area contributed by atoms with E-state index < -0.39 is 0 Å². The maximum Gasteiger partial charge on any atom is 0.173 e. The van der Waals surface area contributed by atoms with Gasteiger partial charge >= 0.3 is 0 Å². The Balaban J connectivity index is 1.42. The molecule has 2 aliphatic heterocycles. The zero-order chi connectivity index (χ0) is 14.7. The van der Waals surface area contributed by atoms with Gasteiger partial charge in [0.25, 0.3) is 0 Å². The Hall–Kier alpha value is -0.420. The van der Waals surface area contributed by atoms with Crippen molar-refractivity contribution in [2.24, 2.45) is 11.8 Å². The second kappa shape index (κ2) is 6.78. The minimum Gasteiger partial charge on any atom is -0.381 e. The highest BCUT2D eigenvalue weighted by Crippen LogP contribution is 2.33. The summed E-state index contributed by atoms with van der Waals surface area (Å²) < 4.78 is 17.5. The topological polar surface area (TPSA) is 39.7 Å². The molecular formula is C17H29NO3. The van der Waals surface area contributed by atoms with Gasteiger partial charge in [-0.15, -0.1) is 0 Å². The molecule has 120 valence electrons. The molecule has 0 saturated carbocycles. The van der Waals surface area contributed by atoms with E-state index in [2.05, 4.69) is 25.2 Å². The number of rotatable bonds is 4. The average molecular weight is 295 g/mol. The van der Waals surface area contributed by atoms with Gasteiger partial charge in [-0.05, 0) is 31.6 Å². The second-order valence-electron chi connectivity index (χ2n) is 6.84. The molecule has 3 aliphatic rings. The van der Waals surface area contributed by atoms with Gasteiger partial charge in [-0.1, -0.05) is 18.6 Å². The number of allylic oxidation sites excluding steroid dienone is 1. The first-order valence-corrected chi connectivity index (χ1v) is 8.45. The summed E-state index contributed by atoms with van der Waals surface area (Å²) in [5, 5.41) is 3.60. The molecule has 0 unspecified atom stereocenters. The van der Waals surface area contributed by atoms with Crippen LogP contribution in [0.5, 0.6) is 0 Å². The predicted molar refractivity (Wildman–Crippen MR) is 82.1 cm³/mol. The third kappa shape index (κ3) is 3.67. The van der Waals surface area contributed by atoms with Crippen LogP contribution in [0, 0.1) is 11.8 Å². The van der Waals surface area contributed by atoms with Gasteiger partial charge in [0.15, 0.2) is 5.79 Å². The van der Waals surface area contributed by atoms with Crippen LogP contribution in [-0.4, -0.2) is 44.8 Å². The highest BCUT2D eigenvalue weighted by atomic mass is 16.7. The molecule has 0 aromatic carbocycles. The summed E-state index contributed by atoms with van der Waals surface area (Å²) in [6.07, 6.45) is 6.88. The minimum atomic E-state index is -0.349. The van der Waals surface area contributed by atoms with E-state index in [1.165, 1.54) is 12.8 Å². The molecule has 1 spiro atoms. The zero-order valence-corrected chi connectivity index (χ0v) is 13.4. The van der Waals surface area contributed by atoms with Crippen LogP contribution in [0.3, 0.4) is 0 Å². The van der Waals surface area contributed by atoms with Crippen molar-refractivity contribution in [3.8, 4) is 0 Å². The van der Waals surface area contributed by atoms with Crippen molar-refractivity contribution >= 4 is 0 Å². The lowest BCUT2D eigenvalue weighted by molar-refractivity contribution is -0.210. The number of nitrogens with one attached hydrogen (secondary N) is 1. The minimum absolute atomic E-state index is 0.186. The summed E-state index contributed by atoms with van der Waals surface area (Å²) >= 11 is 0. The molecule has 0 bridgehead atoms. The summed E-state index contributed by atoms with van der Waals surface area (Å²) in [5.41, 5.74) is 1.55. The molecule has 0 aromatic heterocycles. The lowest BCUT2D eigenvalue weighted by Crippen LogP contribution is -2.40. The lowest BCUT2D eigenvalue weighted by atomic mass is 9.80. The largest absolute Gasteiger partial charge is 0.381 e. The van der Waals surface area contributed by atoms with E-state index in [0.29, 0.717) is 12.5 Å². The maximum absolute atomic E-state index is 6.15. The first kappa shape index (κ1) is 15.5. The molecule has 0 aromatic rings. The molecule has 4 heteroatoms. The summed E-state index contributed by atoms with van der Waals surface area (Å²) in [4.78, 5) is 0.